The number of hydrogen-bond donors (Lipinski definition) is 5. The Morgan fingerprint density at radius 1 is 1.23 bits per heavy atom. The van der Waals surface area contributed by atoms with Crippen LogP contribution in [0.3, 0.4) is 0 Å². The summed E-state index contributed by atoms with van der Waals surface area (Å²) in [5.41, 5.74) is 6.19. The van der Waals surface area contributed by atoms with Crippen LogP contribution < -0.4 is 11.1 Å². The number of imide groups is 1. The zero-order valence-electron chi connectivity index (χ0n) is 25.3. The van der Waals surface area contributed by atoms with Crippen molar-refractivity contribution in [2.24, 2.45) is 23.5 Å². The minimum Gasteiger partial charge on any atom is -0.480 e. The Kier molecular flexibility index (Phi) is 15.0. The van der Waals surface area contributed by atoms with Gasteiger partial charge in [0.15, 0.2) is 0 Å². The van der Waals surface area contributed by atoms with Gasteiger partial charge in [-0.25, -0.2) is 0 Å². The molecule has 0 bridgehead atoms. The minimum atomic E-state index is -1.12. The first kappa shape index (κ1) is 36.6. The van der Waals surface area contributed by atoms with Gasteiger partial charge in [-0.05, 0) is 37.7 Å². The van der Waals surface area contributed by atoms with Crippen LogP contribution in [0.4, 0.5) is 0 Å². The quantitative estimate of drug-likeness (QED) is 0.119. The molecular formula is C30H46N2O10S. The lowest BCUT2D eigenvalue weighted by Crippen LogP contribution is -2.41. The number of aliphatic hydroxyl groups excluding tert-OH is 2. The van der Waals surface area contributed by atoms with Gasteiger partial charge in [-0.15, -0.1) is 0 Å². The number of cyclic esters (lactones) is 1. The summed E-state index contributed by atoms with van der Waals surface area (Å²) in [6.45, 7) is 5.09. The van der Waals surface area contributed by atoms with Crippen LogP contribution in [0.15, 0.2) is 23.8 Å². The number of thioether (sulfide) groups is 1. The van der Waals surface area contributed by atoms with E-state index < -0.39 is 66.0 Å². The van der Waals surface area contributed by atoms with E-state index in [9.17, 15) is 34.2 Å². The van der Waals surface area contributed by atoms with Crippen molar-refractivity contribution in [3.8, 4) is 0 Å². The number of ether oxygens (including phenoxy) is 2. The number of nitrogens with one attached hydrogen (secondary N) is 1. The standard InChI is InChI=1S/C30H46N2O10S/c1-16(23(34)13-20(33)10-19-11-25(35)32-26(36)12-19)9-17(2)29-18(3)28(38)24(41-4)8-6-5-7-21(14-27(37)42-29)43-15-22(31)30(39)40/h6,8-9,16,18-22,24,28-29,33,38H,5,7,10-15,31H2,1-4H3,(H,39,40)(H,32,35,36)/b8-6-,17-9+/t16-,18-,20+,21-,22-,24+,28-,29+/m0/s1. The Balaban J connectivity index is 2.17. The third kappa shape index (κ3) is 12.1. The van der Waals surface area contributed by atoms with E-state index in [4.69, 9.17) is 20.3 Å². The molecule has 2 aliphatic heterocycles. The summed E-state index contributed by atoms with van der Waals surface area (Å²) in [6, 6.07) is -1.06. The molecule has 0 aliphatic carbocycles. The van der Waals surface area contributed by atoms with Gasteiger partial charge < -0.3 is 30.5 Å². The Bertz CT molecular complexity index is 1050. The van der Waals surface area contributed by atoms with Crippen molar-refractivity contribution in [2.45, 2.75) is 101 Å². The minimum absolute atomic E-state index is 0.00746. The topological polar surface area (TPSA) is 203 Å². The molecule has 1 saturated heterocycles. The number of carboxylic acid groups (broad SMARTS) is 1. The molecule has 12 nitrogen and oxygen atoms in total. The van der Waals surface area contributed by atoms with Crippen molar-refractivity contribution < 1.29 is 48.8 Å². The highest BCUT2D eigenvalue weighted by Gasteiger charge is 2.35. The normalized spacial score (nSPS) is 29.3. The average Bonchev–Trinajstić information content (AvgIpc) is 2.92. The van der Waals surface area contributed by atoms with E-state index in [0.717, 1.165) is 0 Å². The number of Topliss-reactive ketones (excluding diaryl/α,β-unsaturated/α-hetero) is 1. The molecule has 2 heterocycles. The smallest absolute Gasteiger partial charge is 0.321 e. The van der Waals surface area contributed by atoms with Gasteiger partial charge in [0.2, 0.25) is 11.8 Å². The third-order valence-electron chi connectivity index (χ3n) is 7.83. The molecule has 242 valence electrons. The maximum Gasteiger partial charge on any atom is 0.321 e. The summed E-state index contributed by atoms with van der Waals surface area (Å²) in [6.07, 6.45) is 2.96. The molecule has 0 saturated carbocycles. The lowest BCUT2D eigenvalue weighted by molar-refractivity contribution is -0.153. The van der Waals surface area contributed by atoms with Gasteiger partial charge in [-0.1, -0.05) is 32.1 Å². The molecule has 0 unspecified atom stereocenters. The van der Waals surface area contributed by atoms with Crippen molar-refractivity contribution in [2.75, 3.05) is 12.9 Å². The third-order valence-corrected chi connectivity index (χ3v) is 9.25. The summed E-state index contributed by atoms with van der Waals surface area (Å²) in [5.74, 6) is -4.19. The molecule has 1 fully saturated rings. The first-order chi connectivity index (χ1) is 20.2. The van der Waals surface area contributed by atoms with Crippen LogP contribution in [-0.2, 0) is 33.4 Å². The number of allylic oxidation sites excluding steroid dienone is 2. The number of carbonyl (C=O) groups excluding carboxylic acids is 4. The second-order valence-corrected chi connectivity index (χ2v) is 12.9. The van der Waals surface area contributed by atoms with Gasteiger partial charge in [-0.3, -0.25) is 29.3 Å². The van der Waals surface area contributed by atoms with E-state index in [1.54, 1.807) is 32.9 Å². The van der Waals surface area contributed by atoms with Crippen molar-refractivity contribution in [3.63, 3.8) is 0 Å². The molecule has 2 aliphatic rings. The van der Waals surface area contributed by atoms with Gasteiger partial charge in [0.25, 0.3) is 0 Å². The number of ketones is 1. The fourth-order valence-corrected chi connectivity index (χ4v) is 6.54. The van der Waals surface area contributed by atoms with Crippen LogP contribution in [0.1, 0.15) is 65.7 Å². The highest BCUT2D eigenvalue weighted by atomic mass is 32.2. The number of amides is 2. The van der Waals surface area contributed by atoms with Crippen LogP contribution in [0, 0.1) is 17.8 Å². The summed E-state index contributed by atoms with van der Waals surface area (Å²) in [7, 11) is 1.47. The number of carboxylic acids is 1. The number of nitrogens with two attached hydrogens (primary N) is 1. The Morgan fingerprint density at radius 2 is 1.88 bits per heavy atom. The lowest BCUT2D eigenvalue weighted by Gasteiger charge is -2.32. The number of methoxy groups -OCH3 is 1. The highest BCUT2D eigenvalue weighted by Crippen LogP contribution is 2.29. The maximum atomic E-state index is 13.1. The van der Waals surface area contributed by atoms with Gasteiger partial charge in [0.1, 0.15) is 24.0 Å². The number of rotatable bonds is 12. The Labute approximate surface area is 256 Å². The number of esters is 1. The fourth-order valence-electron chi connectivity index (χ4n) is 5.36. The molecule has 13 heteroatoms. The first-order valence-electron chi connectivity index (χ1n) is 14.6. The molecule has 0 spiro atoms. The van der Waals surface area contributed by atoms with Crippen LogP contribution in [-0.4, -0.2) is 93.4 Å². The molecule has 2 amide bonds. The Hall–Kier alpha value is -2.58. The van der Waals surface area contributed by atoms with Crippen LogP contribution in [0.5, 0.6) is 0 Å². The molecule has 8 atom stereocenters. The van der Waals surface area contributed by atoms with Crippen LogP contribution in [0.2, 0.25) is 0 Å². The van der Waals surface area contributed by atoms with E-state index in [1.807, 2.05) is 6.08 Å². The average molecular weight is 627 g/mol. The Morgan fingerprint density at radius 3 is 2.49 bits per heavy atom. The predicted molar refractivity (Wildman–Crippen MR) is 160 cm³/mol. The number of piperidine rings is 1. The zero-order chi connectivity index (χ0) is 32.3. The van der Waals surface area contributed by atoms with Crippen LogP contribution >= 0.6 is 11.8 Å². The van der Waals surface area contributed by atoms with E-state index in [-0.39, 0.29) is 54.8 Å². The molecule has 2 rings (SSSR count). The first-order valence-corrected chi connectivity index (χ1v) is 15.6. The molecule has 0 radical (unpaired) electrons. The second-order valence-electron chi connectivity index (χ2n) is 11.6. The monoisotopic (exact) mass is 626 g/mol. The maximum absolute atomic E-state index is 13.1. The van der Waals surface area contributed by atoms with Gasteiger partial charge >= 0.3 is 11.9 Å². The zero-order valence-corrected chi connectivity index (χ0v) is 26.1. The van der Waals surface area contributed by atoms with E-state index in [1.165, 1.54) is 18.9 Å². The van der Waals surface area contributed by atoms with Gasteiger partial charge in [0, 0.05) is 49.2 Å². The number of carbonyl (C=O) groups is 5. The van der Waals surface area contributed by atoms with Crippen molar-refractivity contribution in [3.05, 3.63) is 23.8 Å². The molecular weight excluding hydrogens is 580 g/mol. The molecule has 0 aromatic rings. The number of aliphatic carboxylic acids is 1. The summed E-state index contributed by atoms with van der Waals surface area (Å²) in [4.78, 5) is 60.5. The molecule has 43 heavy (non-hydrogen) atoms. The van der Waals surface area contributed by atoms with Crippen LogP contribution in [0.25, 0.3) is 0 Å². The second kappa shape index (κ2) is 17.6. The number of aliphatic hydroxyl groups is 2. The SMILES string of the molecule is CO[C@@H]1/C=C\CC[C@H](SC[C@H](N)C(=O)O)CC(=O)O[C@H](/C(C)=C/[C@H](C)C(=O)C[C@H](O)CC2CC(=O)NC(=O)C2)[C@@H](C)[C@@H]1O. The van der Waals surface area contributed by atoms with Gasteiger partial charge in [0.05, 0.1) is 18.6 Å². The molecule has 0 aromatic carbocycles. The predicted octanol–water partition coefficient (Wildman–Crippen LogP) is 1.51. The van der Waals surface area contributed by atoms with E-state index in [2.05, 4.69) is 5.32 Å². The van der Waals surface area contributed by atoms with Crippen molar-refractivity contribution in [1.82, 2.24) is 5.32 Å². The summed E-state index contributed by atoms with van der Waals surface area (Å²) < 4.78 is 11.4. The fraction of sp³-hybridized carbons (Fsp3) is 0.700. The molecule has 6 N–H and O–H groups in total. The highest BCUT2D eigenvalue weighted by molar-refractivity contribution is 8.00. The lowest BCUT2D eigenvalue weighted by atomic mass is 9.86. The van der Waals surface area contributed by atoms with Gasteiger partial charge in [-0.2, -0.15) is 11.8 Å². The van der Waals surface area contributed by atoms with E-state index >= 15 is 0 Å². The van der Waals surface area contributed by atoms with E-state index in [0.29, 0.717) is 18.4 Å². The number of hydrogen-bond acceptors (Lipinski definition) is 11. The summed E-state index contributed by atoms with van der Waals surface area (Å²) in [5, 5.41) is 32.7. The summed E-state index contributed by atoms with van der Waals surface area (Å²) >= 11 is 1.29. The van der Waals surface area contributed by atoms with Crippen molar-refractivity contribution >= 4 is 41.3 Å². The molecule has 0 aromatic heterocycles. The van der Waals surface area contributed by atoms with Crippen molar-refractivity contribution in [1.29, 1.82) is 0 Å². The largest absolute Gasteiger partial charge is 0.480 e.